The summed E-state index contributed by atoms with van der Waals surface area (Å²) in [7, 11) is 0. The molecule has 0 spiro atoms. The molecular weight excluding hydrogens is 246 g/mol. The molecule has 1 aromatic rings. The lowest BCUT2D eigenvalue weighted by Gasteiger charge is -2.21. The number of hydrogen-bond acceptors (Lipinski definition) is 2. The molecule has 20 heavy (non-hydrogen) atoms. The first kappa shape index (κ1) is 17.0. The van der Waals surface area contributed by atoms with E-state index >= 15 is 0 Å². The van der Waals surface area contributed by atoms with Crippen LogP contribution in [0.15, 0.2) is 18.2 Å². The Hall–Kier alpha value is -1.02. The van der Waals surface area contributed by atoms with Crippen LogP contribution in [0.2, 0.25) is 0 Å². The Morgan fingerprint density at radius 3 is 2.45 bits per heavy atom. The molecule has 0 aliphatic carbocycles. The third-order valence-corrected chi connectivity index (χ3v) is 3.96. The molecule has 0 aliphatic heterocycles. The van der Waals surface area contributed by atoms with E-state index in [9.17, 15) is 0 Å². The summed E-state index contributed by atoms with van der Waals surface area (Å²) in [6.07, 6.45) is 3.52. The average Bonchev–Trinajstić information content (AvgIpc) is 2.47. The summed E-state index contributed by atoms with van der Waals surface area (Å²) in [5, 5.41) is 3.55. The summed E-state index contributed by atoms with van der Waals surface area (Å²) in [6, 6.07) is 6.84. The standard InChI is InChI=1S/C18H31NO/c1-6-11-19-15(5)17-12-14(4)9-10-18(17)20-13-16(7-2)8-3/h9-10,12,15-16,19H,6-8,11,13H2,1-5H3. The summed E-state index contributed by atoms with van der Waals surface area (Å²) >= 11 is 0. The Labute approximate surface area is 124 Å². The summed E-state index contributed by atoms with van der Waals surface area (Å²) in [4.78, 5) is 0. The maximum atomic E-state index is 6.10. The van der Waals surface area contributed by atoms with E-state index in [0.29, 0.717) is 12.0 Å². The van der Waals surface area contributed by atoms with Gasteiger partial charge >= 0.3 is 0 Å². The van der Waals surface area contributed by atoms with Gasteiger partial charge in [-0.05, 0) is 38.8 Å². The topological polar surface area (TPSA) is 21.3 Å². The van der Waals surface area contributed by atoms with E-state index < -0.39 is 0 Å². The molecule has 0 saturated carbocycles. The Morgan fingerprint density at radius 2 is 1.85 bits per heavy atom. The molecule has 0 aliphatic rings. The molecule has 2 nitrogen and oxygen atoms in total. The second-order valence-electron chi connectivity index (χ2n) is 5.71. The molecule has 1 unspecified atom stereocenters. The lowest BCUT2D eigenvalue weighted by atomic mass is 10.0. The molecule has 1 atom stereocenters. The van der Waals surface area contributed by atoms with Crippen LogP contribution in [0.1, 0.15) is 64.1 Å². The molecule has 114 valence electrons. The highest BCUT2D eigenvalue weighted by atomic mass is 16.5. The number of hydrogen-bond donors (Lipinski definition) is 1. The second kappa shape index (κ2) is 9.02. The normalized spacial score (nSPS) is 12.7. The van der Waals surface area contributed by atoms with Crippen LogP contribution in [0.5, 0.6) is 5.75 Å². The molecule has 0 heterocycles. The first-order chi connectivity index (χ1) is 9.62. The number of benzene rings is 1. The molecule has 1 aromatic carbocycles. The smallest absolute Gasteiger partial charge is 0.124 e. The number of aryl methyl sites for hydroxylation is 1. The number of ether oxygens (including phenoxy) is 1. The first-order valence-corrected chi connectivity index (χ1v) is 8.09. The molecule has 0 saturated heterocycles. The van der Waals surface area contributed by atoms with Crippen LogP contribution in [-0.4, -0.2) is 13.2 Å². The number of nitrogens with one attached hydrogen (secondary N) is 1. The third kappa shape index (κ3) is 5.16. The van der Waals surface area contributed by atoms with Gasteiger partial charge in [-0.15, -0.1) is 0 Å². The highest BCUT2D eigenvalue weighted by Gasteiger charge is 2.13. The van der Waals surface area contributed by atoms with Crippen molar-refractivity contribution in [1.29, 1.82) is 0 Å². The molecule has 0 fully saturated rings. The van der Waals surface area contributed by atoms with E-state index in [0.717, 1.165) is 25.3 Å². The van der Waals surface area contributed by atoms with Crippen LogP contribution < -0.4 is 10.1 Å². The van der Waals surface area contributed by atoms with Crippen LogP contribution in [0, 0.1) is 12.8 Å². The Kier molecular flexibility index (Phi) is 7.68. The second-order valence-corrected chi connectivity index (χ2v) is 5.71. The molecule has 0 radical (unpaired) electrons. The quantitative estimate of drug-likeness (QED) is 0.695. The fraction of sp³-hybridized carbons (Fsp3) is 0.667. The zero-order chi connectivity index (χ0) is 15.0. The Bertz CT molecular complexity index is 385. The van der Waals surface area contributed by atoms with Gasteiger partial charge in [0.25, 0.3) is 0 Å². The fourth-order valence-corrected chi connectivity index (χ4v) is 2.34. The van der Waals surface area contributed by atoms with Crippen molar-refractivity contribution in [3.8, 4) is 5.75 Å². The van der Waals surface area contributed by atoms with E-state index in [2.05, 4.69) is 58.1 Å². The molecular formula is C18H31NO. The maximum absolute atomic E-state index is 6.10. The summed E-state index contributed by atoms with van der Waals surface area (Å²) < 4.78 is 6.10. The van der Waals surface area contributed by atoms with Gasteiger partial charge in [-0.3, -0.25) is 0 Å². The van der Waals surface area contributed by atoms with Crippen molar-refractivity contribution >= 4 is 0 Å². The minimum Gasteiger partial charge on any atom is -0.493 e. The van der Waals surface area contributed by atoms with Crippen molar-refractivity contribution in [2.45, 2.75) is 59.9 Å². The number of rotatable bonds is 9. The van der Waals surface area contributed by atoms with Gasteiger partial charge in [0.1, 0.15) is 5.75 Å². The lowest BCUT2D eigenvalue weighted by molar-refractivity contribution is 0.237. The van der Waals surface area contributed by atoms with Crippen LogP contribution in [0.3, 0.4) is 0 Å². The van der Waals surface area contributed by atoms with E-state index in [1.807, 2.05) is 0 Å². The minimum atomic E-state index is 0.339. The lowest BCUT2D eigenvalue weighted by Crippen LogP contribution is -2.20. The van der Waals surface area contributed by atoms with Gasteiger partial charge in [0.05, 0.1) is 6.61 Å². The minimum absolute atomic E-state index is 0.339. The SMILES string of the molecule is CCCNC(C)c1cc(C)ccc1OCC(CC)CC. The maximum Gasteiger partial charge on any atom is 0.124 e. The van der Waals surface area contributed by atoms with Gasteiger partial charge in [-0.25, -0.2) is 0 Å². The highest BCUT2D eigenvalue weighted by molar-refractivity contribution is 5.39. The molecule has 1 N–H and O–H groups in total. The van der Waals surface area contributed by atoms with Crippen LogP contribution in [-0.2, 0) is 0 Å². The van der Waals surface area contributed by atoms with Crippen LogP contribution in [0.25, 0.3) is 0 Å². The van der Waals surface area contributed by atoms with Gasteiger partial charge in [0.15, 0.2) is 0 Å². The van der Waals surface area contributed by atoms with Crippen molar-refractivity contribution in [3.05, 3.63) is 29.3 Å². The molecule has 1 rings (SSSR count). The molecule has 0 aromatic heterocycles. The fourth-order valence-electron chi connectivity index (χ4n) is 2.34. The van der Waals surface area contributed by atoms with E-state index in [4.69, 9.17) is 4.74 Å². The van der Waals surface area contributed by atoms with E-state index in [1.54, 1.807) is 0 Å². The molecule has 0 amide bonds. The summed E-state index contributed by atoms with van der Waals surface area (Å²) in [5.41, 5.74) is 2.57. The van der Waals surface area contributed by atoms with Gasteiger partial charge in [-0.2, -0.15) is 0 Å². The average molecular weight is 277 g/mol. The van der Waals surface area contributed by atoms with Gasteiger partial charge < -0.3 is 10.1 Å². The van der Waals surface area contributed by atoms with Crippen molar-refractivity contribution in [3.63, 3.8) is 0 Å². The first-order valence-electron chi connectivity index (χ1n) is 8.09. The Balaban J connectivity index is 2.78. The van der Waals surface area contributed by atoms with E-state index in [1.165, 1.54) is 24.0 Å². The van der Waals surface area contributed by atoms with Crippen molar-refractivity contribution in [2.75, 3.05) is 13.2 Å². The molecule has 0 bridgehead atoms. The van der Waals surface area contributed by atoms with E-state index in [-0.39, 0.29) is 0 Å². The van der Waals surface area contributed by atoms with Gasteiger partial charge in [-0.1, -0.05) is 51.3 Å². The van der Waals surface area contributed by atoms with Gasteiger partial charge in [0.2, 0.25) is 0 Å². The predicted octanol–water partition coefficient (Wildman–Crippen LogP) is 4.87. The zero-order valence-electron chi connectivity index (χ0n) is 13.8. The van der Waals surface area contributed by atoms with Crippen LogP contribution in [0.4, 0.5) is 0 Å². The predicted molar refractivity (Wildman–Crippen MR) is 87.5 cm³/mol. The Morgan fingerprint density at radius 1 is 1.15 bits per heavy atom. The summed E-state index contributed by atoms with van der Waals surface area (Å²) in [5.74, 6) is 1.70. The van der Waals surface area contributed by atoms with Crippen LogP contribution >= 0.6 is 0 Å². The largest absolute Gasteiger partial charge is 0.493 e. The highest BCUT2D eigenvalue weighted by Crippen LogP contribution is 2.27. The van der Waals surface area contributed by atoms with Crippen molar-refractivity contribution in [2.24, 2.45) is 5.92 Å². The monoisotopic (exact) mass is 277 g/mol. The van der Waals surface area contributed by atoms with Crippen molar-refractivity contribution < 1.29 is 4.74 Å². The van der Waals surface area contributed by atoms with Crippen molar-refractivity contribution in [1.82, 2.24) is 5.32 Å². The molecule has 2 heteroatoms. The third-order valence-electron chi connectivity index (χ3n) is 3.96. The van der Waals surface area contributed by atoms with Gasteiger partial charge in [0, 0.05) is 11.6 Å². The summed E-state index contributed by atoms with van der Waals surface area (Å²) in [6.45, 7) is 12.9. The zero-order valence-corrected chi connectivity index (χ0v) is 13.8.